The lowest BCUT2D eigenvalue weighted by Crippen LogP contribution is -1.64. The maximum Gasteiger partial charge on any atom is 0.161 e. The molecule has 0 saturated carbocycles. The molecule has 0 spiro atoms. The maximum absolute atomic E-state index is 7.00. The highest BCUT2D eigenvalue weighted by Crippen LogP contribution is 1.43. The Morgan fingerprint density at radius 3 is 2.25 bits per heavy atom. The summed E-state index contributed by atoms with van der Waals surface area (Å²) >= 11 is 0. The van der Waals surface area contributed by atoms with Gasteiger partial charge in [-0.2, -0.15) is 5.21 Å². The number of halogens is 1. The van der Waals surface area contributed by atoms with Crippen LogP contribution in [0.4, 0.5) is 0 Å². The van der Waals surface area contributed by atoms with Gasteiger partial charge in [0, 0.05) is 7.11 Å². The normalized spacial score (nSPS) is 5.75. The van der Waals surface area contributed by atoms with E-state index in [0.717, 1.165) is 7.11 Å². The van der Waals surface area contributed by atoms with E-state index in [2.05, 4.69) is 20.6 Å². The van der Waals surface area contributed by atoms with Gasteiger partial charge in [0.2, 0.25) is 0 Å². The summed E-state index contributed by atoms with van der Waals surface area (Å²) in [6.07, 6.45) is 1.33. The van der Waals surface area contributed by atoms with Gasteiger partial charge < -0.3 is 5.11 Å². The molecule has 0 aromatic carbocycles. The van der Waals surface area contributed by atoms with Crippen molar-refractivity contribution in [1.82, 2.24) is 20.6 Å². The summed E-state index contributed by atoms with van der Waals surface area (Å²) in [4.78, 5) is 0. The van der Waals surface area contributed by atoms with Crippen molar-refractivity contribution in [3.63, 3.8) is 0 Å². The Bertz CT molecular complexity index is 70.5. The van der Waals surface area contributed by atoms with Crippen LogP contribution in [0, 0.1) is 0 Å². The molecule has 1 heterocycles. The van der Waals surface area contributed by atoms with Crippen molar-refractivity contribution in [3.8, 4) is 0 Å². The molecule has 1 rings (SSSR count). The smallest absolute Gasteiger partial charge is 0.161 e. The molecule has 0 aliphatic rings. The molecule has 8 heavy (non-hydrogen) atoms. The van der Waals surface area contributed by atoms with Crippen LogP contribution in [-0.4, -0.2) is 32.8 Å². The summed E-state index contributed by atoms with van der Waals surface area (Å²) < 4.78 is 0. The second kappa shape index (κ2) is 9.58. The van der Waals surface area contributed by atoms with E-state index in [1.807, 2.05) is 0 Å². The van der Waals surface area contributed by atoms with Crippen molar-refractivity contribution in [3.05, 3.63) is 6.33 Å². The minimum absolute atomic E-state index is 0. The minimum Gasteiger partial charge on any atom is -0.400 e. The largest absolute Gasteiger partial charge is 0.400 e. The Kier molecular flexibility index (Phi) is 12.4. The third-order valence-corrected chi connectivity index (χ3v) is 0.270. The van der Waals surface area contributed by atoms with Crippen LogP contribution in [0.25, 0.3) is 0 Å². The Balaban J connectivity index is 0. The lowest BCUT2D eigenvalue weighted by molar-refractivity contribution is 0.399. The molecule has 1 aromatic rings. The van der Waals surface area contributed by atoms with Crippen LogP contribution < -0.4 is 0 Å². The molecule has 48 valence electrons. The van der Waals surface area contributed by atoms with Gasteiger partial charge in [-0.1, -0.05) is 5.21 Å². The van der Waals surface area contributed by atoms with Crippen LogP contribution >= 0.6 is 12.4 Å². The molecule has 0 aliphatic carbocycles. The highest BCUT2D eigenvalue weighted by molar-refractivity contribution is 5.85. The van der Waals surface area contributed by atoms with E-state index in [0.29, 0.717) is 0 Å². The fraction of sp³-hybridized carbons (Fsp3) is 0.500. The predicted molar refractivity (Wildman–Crippen MR) is 29.6 cm³/mol. The minimum atomic E-state index is 0. The van der Waals surface area contributed by atoms with Crippen molar-refractivity contribution in [2.45, 2.75) is 0 Å². The Morgan fingerprint density at radius 2 is 2.12 bits per heavy atom. The van der Waals surface area contributed by atoms with Crippen LogP contribution in [0.15, 0.2) is 6.33 Å². The van der Waals surface area contributed by atoms with Gasteiger partial charge in [0.05, 0.1) is 0 Å². The van der Waals surface area contributed by atoms with Gasteiger partial charge in [-0.25, -0.2) is 0 Å². The first-order valence-electron chi connectivity index (χ1n) is 1.61. The standard InChI is InChI=1S/CH2N4.CH4O.ClH/c1-2-4-5-3-1;1-2;/h1H,(H,2,3,4,5);2H,1H3;1H. The van der Waals surface area contributed by atoms with Crippen molar-refractivity contribution < 1.29 is 5.11 Å². The molecule has 0 radical (unpaired) electrons. The number of hydrogen-bond donors (Lipinski definition) is 2. The number of nitrogens with one attached hydrogen (secondary N) is 1. The topological polar surface area (TPSA) is 74.7 Å². The van der Waals surface area contributed by atoms with Gasteiger partial charge in [0.25, 0.3) is 0 Å². The number of aromatic nitrogens is 4. The molecule has 0 aliphatic heterocycles. The van der Waals surface area contributed by atoms with Crippen molar-refractivity contribution in [2.24, 2.45) is 0 Å². The average molecular weight is 139 g/mol. The maximum atomic E-state index is 7.00. The molecule has 1 aromatic heterocycles. The number of nitrogens with zero attached hydrogens (tertiary/aromatic N) is 3. The van der Waals surface area contributed by atoms with E-state index in [4.69, 9.17) is 5.11 Å². The van der Waals surface area contributed by atoms with Gasteiger partial charge in [-0.05, 0) is 0 Å². The molecule has 6 heteroatoms. The van der Waals surface area contributed by atoms with E-state index < -0.39 is 0 Å². The first-order valence-corrected chi connectivity index (χ1v) is 1.61. The molecule has 0 atom stereocenters. The highest BCUT2D eigenvalue weighted by Gasteiger charge is 1.58. The lowest BCUT2D eigenvalue weighted by atomic mass is 11.4. The summed E-state index contributed by atoms with van der Waals surface area (Å²) in [5, 5.41) is 19.2. The fourth-order valence-electron chi connectivity index (χ4n) is 0.129. The molecule has 5 nitrogen and oxygen atoms in total. The zero-order valence-electron chi connectivity index (χ0n) is 4.27. The molecule has 0 bridgehead atoms. The van der Waals surface area contributed by atoms with Gasteiger partial charge >= 0.3 is 0 Å². The zero-order valence-corrected chi connectivity index (χ0v) is 5.09. The molecule has 2 N–H and O–H groups in total. The predicted octanol–water partition coefficient (Wildman–Crippen LogP) is -0.770. The highest BCUT2D eigenvalue weighted by atomic mass is 35.5. The van der Waals surface area contributed by atoms with Crippen molar-refractivity contribution >= 4 is 12.4 Å². The average Bonchev–Trinajstić information content (AvgIpc) is 2.23. The Morgan fingerprint density at radius 1 is 1.50 bits per heavy atom. The van der Waals surface area contributed by atoms with Crippen molar-refractivity contribution in [1.29, 1.82) is 0 Å². The molecule has 0 fully saturated rings. The second-order valence-corrected chi connectivity index (χ2v) is 0.560. The zero-order chi connectivity index (χ0) is 5.54. The summed E-state index contributed by atoms with van der Waals surface area (Å²) in [6.45, 7) is 0. The first-order chi connectivity index (χ1) is 3.50. The van der Waals surface area contributed by atoms with E-state index >= 15 is 0 Å². The van der Waals surface area contributed by atoms with Crippen LogP contribution in [0.5, 0.6) is 0 Å². The third kappa shape index (κ3) is 5.32. The summed E-state index contributed by atoms with van der Waals surface area (Å²) in [5.74, 6) is 0. The van der Waals surface area contributed by atoms with E-state index in [-0.39, 0.29) is 12.4 Å². The van der Waals surface area contributed by atoms with Crippen LogP contribution in [0.2, 0.25) is 0 Å². The van der Waals surface area contributed by atoms with E-state index in [9.17, 15) is 0 Å². The number of tetrazole rings is 1. The summed E-state index contributed by atoms with van der Waals surface area (Å²) in [5.41, 5.74) is 0. The lowest BCUT2D eigenvalue weighted by Gasteiger charge is -1.44. The van der Waals surface area contributed by atoms with E-state index in [1.54, 1.807) is 0 Å². The fourth-order valence-corrected chi connectivity index (χ4v) is 0.129. The monoisotopic (exact) mass is 138 g/mol. The third-order valence-electron chi connectivity index (χ3n) is 0.270. The number of aliphatic hydroxyl groups excluding tert-OH is 1. The number of rotatable bonds is 0. The molecule has 0 unspecified atom stereocenters. The van der Waals surface area contributed by atoms with Crippen LogP contribution in [0.1, 0.15) is 0 Å². The van der Waals surface area contributed by atoms with Gasteiger partial charge in [0.15, 0.2) is 6.33 Å². The number of H-pyrrole nitrogens is 1. The molecule has 0 amide bonds. The van der Waals surface area contributed by atoms with Crippen LogP contribution in [0.3, 0.4) is 0 Å². The van der Waals surface area contributed by atoms with Gasteiger partial charge in [-0.3, -0.25) is 0 Å². The Labute approximate surface area is 52.5 Å². The quantitative estimate of drug-likeness (QED) is 0.494. The second-order valence-electron chi connectivity index (χ2n) is 0.560. The number of aromatic amines is 1. The summed E-state index contributed by atoms with van der Waals surface area (Å²) in [6, 6.07) is 0. The number of aliphatic hydroxyl groups is 1. The van der Waals surface area contributed by atoms with Crippen molar-refractivity contribution in [2.75, 3.05) is 7.11 Å². The first kappa shape index (κ1) is 10.3. The Hall–Kier alpha value is -0.680. The molecule has 0 saturated heterocycles. The SMILES string of the molecule is CO.Cl.c1nn[nH]n1. The summed E-state index contributed by atoms with van der Waals surface area (Å²) in [7, 11) is 1.00. The van der Waals surface area contributed by atoms with Gasteiger partial charge in [0.1, 0.15) is 0 Å². The van der Waals surface area contributed by atoms with Crippen LogP contribution in [-0.2, 0) is 0 Å². The molecular formula is C2H7ClN4O. The van der Waals surface area contributed by atoms with E-state index in [1.165, 1.54) is 6.33 Å². The van der Waals surface area contributed by atoms with Gasteiger partial charge in [-0.15, -0.1) is 22.6 Å². The molecular weight excluding hydrogens is 132 g/mol. The number of hydrogen-bond acceptors (Lipinski definition) is 4.